The summed E-state index contributed by atoms with van der Waals surface area (Å²) in [5.41, 5.74) is 0.260. The van der Waals surface area contributed by atoms with Gasteiger partial charge in [0.05, 0.1) is 11.8 Å². The molecular weight excluding hydrogens is 273 g/mol. The molecule has 7 heteroatoms. The van der Waals surface area contributed by atoms with Crippen molar-refractivity contribution in [2.24, 2.45) is 7.05 Å². The molecule has 3 heterocycles. The lowest BCUT2D eigenvalue weighted by molar-refractivity contribution is 0.0620. The van der Waals surface area contributed by atoms with E-state index in [2.05, 4.69) is 15.3 Å². The van der Waals surface area contributed by atoms with Crippen LogP contribution in [0.3, 0.4) is 0 Å². The number of aromatic nitrogens is 3. The third kappa shape index (κ3) is 2.64. The highest BCUT2D eigenvalue weighted by Gasteiger charge is 2.31. The molecule has 1 amide bonds. The van der Waals surface area contributed by atoms with Gasteiger partial charge in [-0.1, -0.05) is 0 Å². The smallest absolute Gasteiger partial charge is 0.256 e. The Morgan fingerprint density at radius 1 is 1.48 bits per heavy atom. The van der Waals surface area contributed by atoms with Crippen LogP contribution in [0.15, 0.2) is 30.9 Å². The molecule has 1 fully saturated rings. The van der Waals surface area contributed by atoms with E-state index in [1.807, 2.05) is 17.8 Å². The second kappa shape index (κ2) is 5.61. The van der Waals surface area contributed by atoms with Crippen molar-refractivity contribution in [3.05, 3.63) is 48.1 Å². The van der Waals surface area contributed by atoms with Gasteiger partial charge in [-0.05, 0) is 6.07 Å². The predicted molar refractivity (Wildman–Crippen MR) is 74.1 cm³/mol. The average molecular weight is 289 g/mol. The molecule has 6 nitrogen and oxygen atoms in total. The first-order valence-electron chi connectivity index (χ1n) is 6.76. The molecule has 1 N–H and O–H groups in total. The third-order valence-corrected chi connectivity index (χ3v) is 3.61. The molecule has 2 aromatic heterocycles. The van der Waals surface area contributed by atoms with Gasteiger partial charge in [-0.15, -0.1) is 0 Å². The minimum Gasteiger partial charge on any atom is -0.336 e. The van der Waals surface area contributed by atoms with Gasteiger partial charge in [0, 0.05) is 45.3 Å². The van der Waals surface area contributed by atoms with Crippen LogP contribution in [0.2, 0.25) is 0 Å². The monoisotopic (exact) mass is 289 g/mol. The van der Waals surface area contributed by atoms with Crippen molar-refractivity contribution in [1.82, 2.24) is 24.8 Å². The van der Waals surface area contributed by atoms with Crippen molar-refractivity contribution in [2.75, 3.05) is 19.6 Å². The van der Waals surface area contributed by atoms with Gasteiger partial charge < -0.3 is 14.8 Å². The maximum atomic E-state index is 13.3. The summed E-state index contributed by atoms with van der Waals surface area (Å²) >= 11 is 0. The lowest BCUT2D eigenvalue weighted by atomic mass is 10.1. The van der Waals surface area contributed by atoms with Gasteiger partial charge >= 0.3 is 0 Å². The number of aryl methyl sites for hydroxylation is 1. The molecule has 1 atom stereocenters. The Bertz CT molecular complexity index is 656. The highest BCUT2D eigenvalue weighted by molar-refractivity contribution is 5.94. The molecule has 1 saturated heterocycles. The first kappa shape index (κ1) is 13.7. The number of hydrogen-bond acceptors (Lipinski definition) is 4. The zero-order valence-electron chi connectivity index (χ0n) is 11.7. The molecule has 0 saturated carbocycles. The van der Waals surface area contributed by atoms with Crippen molar-refractivity contribution < 1.29 is 9.18 Å². The van der Waals surface area contributed by atoms with E-state index in [-0.39, 0.29) is 17.5 Å². The largest absolute Gasteiger partial charge is 0.336 e. The maximum absolute atomic E-state index is 13.3. The number of halogens is 1. The fourth-order valence-electron chi connectivity index (χ4n) is 2.57. The molecule has 0 radical (unpaired) electrons. The van der Waals surface area contributed by atoms with Gasteiger partial charge in [0.2, 0.25) is 0 Å². The Morgan fingerprint density at radius 3 is 3.05 bits per heavy atom. The van der Waals surface area contributed by atoms with E-state index in [0.717, 1.165) is 12.0 Å². The molecule has 2 aromatic rings. The van der Waals surface area contributed by atoms with E-state index in [4.69, 9.17) is 0 Å². The molecule has 3 rings (SSSR count). The van der Waals surface area contributed by atoms with Gasteiger partial charge in [-0.3, -0.25) is 9.78 Å². The number of nitrogens with zero attached hydrogens (tertiary/aromatic N) is 4. The van der Waals surface area contributed by atoms with Crippen molar-refractivity contribution in [2.45, 2.75) is 6.04 Å². The number of hydrogen-bond donors (Lipinski definition) is 1. The number of amides is 1. The van der Waals surface area contributed by atoms with Crippen LogP contribution < -0.4 is 5.32 Å². The Morgan fingerprint density at radius 2 is 2.33 bits per heavy atom. The zero-order chi connectivity index (χ0) is 14.8. The molecule has 0 aromatic carbocycles. The van der Waals surface area contributed by atoms with Crippen LogP contribution in [0.25, 0.3) is 0 Å². The van der Waals surface area contributed by atoms with E-state index in [1.54, 1.807) is 11.1 Å². The Balaban J connectivity index is 1.91. The number of imidazole rings is 1. The lowest BCUT2D eigenvalue weighted by Crippen LogP contribution is -2.49. The van der Waals surface area contributed by atoms with Crippen LogP contribution in [0, 0.1) is 5.82 Å². The SMILES string of the molecule is Cn1ccnc1C1CNCCN1C(=O)c1cncc(F)c1. The summed E-state index contributed by atoms with van der Waals surface area (Å²) in [4.78, 5) is 22.4. The summed E-state index contributed by atoms with van der Waals surface area (Å²) < 4.78 is 15.2. The van der Waals surface area contributed by atoms with Gasteiger partial charge in [-0.25, -0.2) is 9.37 Å². The Hall–Kier alpha value is -2.28. The maximum Gasteiger partial charge on any atom is 0.256 e. The second-order valence-electron chi connectivity index (χ2n) is 5.01. The molecule has 110 valence electrons. The van der Waals surface area contributed by atoms with Gasteiger partial charge in [-0.2, -0.15) is 0 Å². The number of piperazine rings is 1. The molecule has 1 aliphatic heterocycles. The number of carbonyl (C=O) groups excluding carboxylic acids is 1. The average Bonchev–Trinajstić information content (AvgIpc) is 2.92. The van der Waals surface area contributed by atoms with Crippen LogP contribution in [0.1, 0.15) is 22.2 Å². The van der Waals surface area contributed by atoms with Gasteiger partial charge in [0.1, 0.15) is 17.7 Å². The topological polar surface area (TPSA) is 63.1 Å². The Labute approximate surface area is 121 Å². The molecular formula is C14H16FN5O. The summed E-state index contributed by atoms with van der Waals surface area (Å²) in [6.07, 6.45) is 6.03. The van der Waals surface area contributed by atoms with Gasteiger partial charge in [0.25, 0.3) is 5.91 Å². The van der Waals surface area contributed by atoms with Crippen molar-refractivity contribution >= 4 is 5.91 Å². The highest BCUT2D eigenvalue weighted by Crippen LogP contribution is 2.22. The van der Waals surface area contributed by atoms with Crippen LogP contribution in [-0.4, -0.2) is 45.0 Å². The Kier molecular flexibility index (Phi) is 3.66. The van der Waals surface area contributed by atoms with E-state index in [0.29, 0.717) is 19.6 Å². The fourth-order valence-corrected chi connectivity index (χ4v) is 2.57. The van der Waals surface area contributed by atoms with Crippen molar-refractivity contribution in [1.29, 1.82) is 0 Å². The van der Waals surface area contributed by atoms with Crippen LogP contribution in [0.5, 0.6) is 0 Å². The summed E-state index contributed by atoms with van der Waals surface area (Å²) in [5.74, 6) is 0.0703. The first-order chi connectivity index (χ1) is 10.2. The fraction of sp³-hybridized carbons (Fsp3) is 0.357. The summed E-state index contributed by atoms with van der Waals surface area (Å²) in [5, 5.41) is 3.26. The molecule has 0 spiro atoms. The van der Waals surface area contributed by atoms with Gasteiger partial charge in [0.15, 0.2) is 0 Å². The molecule has 0 bridgehead atoms. The van der Waals surface area contributed by atoms with Crippen LogP contribution in [-0.2, 0) is 7.05 Å². The molecule has 1 unspecified atom stereocenters. The minimum atomic E-state index is -0.510. The van der Waals surface area contributed by atoms with Crippen LogP contribution in [0.4, 0.5) is 4.39 Å². The van der Waals surface area contributed by atoms with Crippen molar-refractivity contribution in [3.8, 4) is 0 Å². The van der Waals surface area contributed by atoms with Crippen LogP contribution >= 0.6 is 0 Å². The van der Waals surface area contributed by atoms with E-state index >= 15 is 0 Å². The van der Waals surface area contributed by atoms with E-state index in [9.17, 15) is 9.18 Å². The minimum absolute atomic E-state index is 0.172. The van der Waals surface area contributed by atoms with E-state index < -0.39 is 5.82 Å². The number of pyridine rings is 1. The summed E-state index contributed by atoms with van der Waals surface area (Å²) in [7, 11) is 1.89. The quantitative estimate of drug-likeness (QED) is 0.886. The normalized spacial score (nSPS) is 18.8. The standard InChI is InChI=1S/C14H16FN5O/c1-19-4-3-18-13(19)12-9-16-2-5-20(12)14(21)10-6-11(15)8-17-7-10/h3-4,6-8,12,16H,2,5,9H2,1H3. The molecule has 0 aliphatic carbocycles. The lowest BCUT2D eigenvalue weighted by Gasteiger charge is -2.35. The number of rotatable bonds is 2. The van der Waals surface area contributed by atoms with Crippen molar-refractivity contribution in [3.63, 3.8) is 0 Å². The summed E-state index contributed by atoms with van der Waals surface area (Å²) in [6, 6.07) is 1.04. The highest BCUT2D eigenvalue weighted by atomic mass is 19.1. The molecule has 1 aliphatic rings. The predicted octanol–water partition coefficient (Wildman–Crippen LogP) is 0.741. The first-order valence-corrected chi connectivity index (χ1v) is 6.76. The zero-order valence-corrected chi connectivity index (χ0v) is 11.7. The second-order valence-corrected chi connectivity index (χ2v) is 5.01. The third-order valence-electron chi connectivity index (χ3n) is 3.61. The molecule has 21 heavy (non-hydrogen) atoms. The van der Waals surface area contributed by atoms with E-state index in [1.165, 1.54) is 12.3 Å². The number of carbonyl (C=O) groups is 1. The number of nitrogens with one attached hydrogen (secondary N) is 1. The summed E-state index contributed by atoms with van der Waals surface area (Å²) in [6.45, 7) is 1.88.